The normalized spacial score (nSPS) is 16.3. The van der Waals surface area contributed by atoms with Gasteiger partial charge in [0.15, 0.2) is 9.84 Å². The summed E-state index contributed by atoms with van der Waals surface area (Å²) in [4.78, 5) is 12.9. The topological polar surface area (TPSA) is 63.2 Å². The minimum absolute atomic E-state index is 0.0226. The van der Waals surface area contributed by atoms with Crippen LogP contribution in [0.3, 0.4) is 0 Å². The van der Waals surface area contributed by atoms with Gasteiger partial charge in [-0.25, -0.2) is 8.42 Å². The van der Waals surface area contributed by atoms with E-state index in [-0.39, 0.29) is 27.5 Å². The van der Waals surface area contributed by atoms with Crippen LogP contribution in [-0.2, 0) is 15.3 Å². The fraction of sp³-hybridized carbons (Fsp3) is 0.381. The zero-order valence-electron chi connectivity index (χ0n) is 15.1. The number of rotatable bonds is 6. The minimum atomic E-state index is -3.44. The molecule has 1 aliphatic rings. The third-order valence-electron chi connectivity index (χ3n) is 5.38. The van der Waals surface area contributed by atoms with Gasteiger partial charge < -0.3 is 5.32 Å². The van der Waals surface area contributed by atoms with Gasteiger partial charge in [0.25, 0.3) is 5.91 Å². The van der Waals surface area contributed by atoms with Gasteiger partial charge in [0.1, 0.15) is 0 Å². The van der Waals surface area contributed by atoms with E-state index in [2.05, 4.69) is 17.4 Å². The molecule has 2 aromatic carbocycles. The summed E-state index contributed by atoms with van der Waals surface area (Å²) in [6, 6.07) is 16.7. The van der Waals surface area contributed by atoms with Gasteiger partial charge in [-0.15, -0.1) is 0 Å². The van der Waals surface area contributed by atoms with E-state index in [1.165, 1.54) is 11.6 Å². The molecule has 4 nitrogen and oxygen atoms in total. The number of benzene rings is 2. The predicted octanol–water partition coefficient (Wildman–Crippen LogP) is 3.72. The molecule has 0 aromatic heterocycles. The summed E-state index contributed by atoms with van der Waals surface area (Å²) >= 11 is 0. The van der Waals surface area contributed by atoms with Crippen molar-refractivity contribution in [2.75, 3.05) is 12.3 Å². The number of sulfone groups is 1. The molecule has 0 radical (unpaired) electrons. The molecule has 1 fully saturated rings. The smallest absolute Gasteiger partial charge is 0.252 e. The number of hydrogen-bond donors (Lipinski definition) is 1. The lowest BCUT2D eigenvalue weighted by molar-refractivity contribution is 0.0940. The lowest BCUT2D eigenvalue weighted by Crippen LogP contribution is -2.39. The molecule has 0 heterocycles. The highest BCUT2D eigenvalue weighted by Gasteiger charge is 2.36. The second kappa shape index (κ2) is 7.62. The Morgan fingerprint density at radius 3 is 2.27 bits per heavy atom. The maximum Gasteiger partial charge on any atom is 0.252 e. The van der Waals surface area contributed by atoms with E-state index in [9.17, 15) is 13.2 Å². The zero-order chi connectivity index (χ0) is 18.6. The summed E-state index contributed by atoms with van der Waals surface area (Å²) < 4.78 is 24.6. The van der Waals surface area contributed by atoms with Crippen molar-refractivity contribution in [3.8, 4) is 0 Å². The van der Waals surface area contributed by atoms with Gasteiger partial charge in [0.2, 0.25) is 0 Å². The van der Waals surface area contributed by atoms with E-state index in [1.807, 2.05) is 18.2 Å². The minimum Gasteiger partial charge on any atom is -0.351 e. The number of carbonyl (C=O) groups excluding carboxylic acids is 1. The molecule has 0 bridgehead atoms. The molecule has 0 aliphatic heterocycles. The summed E-state index contributed by atoms with van der Waals surface area (Å²) in [5, 5.41) is 3.01. The van der Waals surface area contributed by atoms with E-state index in [1.54, 1.807) is 25.1 Å². The SMILES string of the molecule is CCS(=O)(=O)c1ccccc1C(=O)NCC1(c2ccccc2)CCCC1. The molecule has 1 amide bonds. The molecule has 0 spiro atoms. The molecule has 0 atom stereocenters. The highest BCUT2D eigenvalue weighted by atomic mass is 32.2. The third kappa shape index (κ3) is 3.68. The average Bonchev–Trinajstić information content (AvgIpc) is 3.17. The van der Waals surface area contributed by atoms with E-state index in [0.717, 1.165) is 25.7 Å². The van der Waals surface area contributed by atoms with Crippen molar-refractivity contribution in [1.29, 1.82) is 0 Å². The Kier molecular flexibility index (Phi) is 5.47. The first kappa shape index (κ1) is 18.6. The van der Waals surface area contributed by atoms with Crippen molar-refractivity contribution < 1.29 is 13.2 Å². The number of nitrogens with one attached hydrogen (secondary N) is 1. The third-order valence-corrected chi connectivity index (χ3v) is 7.17. The van der Waals surface area contributed by atoms with E-state index in [4.69, 9.17) is 0 Å². The molecule has 1 N–H and O–H groups in total. The first-order chi connectivity index (χ1) is 12.5. The van der Waals surface area contributed by atoms with Crippen molar-refractivity contribution in [2.45, 2.75) is 42.9 Å². The molecule has 3 rings (SSSR count). The van der Waals surface area contributed by atoms with Crippen molar-refractivity contribution in [1.82, 2.24) is 5.32 Å². The molecule has 0 unspecified atom stereocenters. The van der Waals surface area contributed by atoms with E-state index < -0.39 is 9.84 Å². The molecule has 26 heavy (non-hydrogen) atoms. The summed E-state index contributed by atoms with van der Waals surface area (Å²) in [7, 11) is -3.44. The second-order valence-electron chi connectivity index (χ2n) is 6.94. The number of amides is 1. The Bertz CT molecular complexity index is 869. The van der Waals surface area contributed by atoms with Crippen LogP contribution in [0, 0.1) is 0 Å². The van der Waals surface area contributed by atoms with Crippen LogP contribution in [0.15, 0.2) is 59.5 Å². The average molecular weight is 372 g/mol. The highest BCUT2D eigenvalue weighted by Crippen LogP contribution is 2.40. The summed E-state index contributed by atoms with van der Waals surface area (Å²) in [6.45, 7) is 2.11. The Morgan fingerprint density at radius 2 is 1.62 bits per heavy atom. The summed E-state index contributed by atoms with van der Waals surface area (Å²) in [5.74, 6) is -0.342. The number of carbonyl (C=O) groups is 1. The van der Waals surface area contributed by atoms with Crippen molar-refractivity contribution >= 4 is 15.7 Å². The quantitative estimate of drug-likeness (QED) is 0.842. The van der Waals surface area contributed by atoms with Gasteiger partial charge in [0, 0.05) is 12.0 Å². The molecule has 138 valence electrons. The fourth-order valence-electron chi connectivity index (χ4n) is 3.84. The lowest BCUT2D eigenvalue weighted by Gasteiger charge is -2.30. The van der Waals surface area contributed by atoms with E-state index >= 15 is 0 Å². The maximum absolute atomic E-state index is 12.8. The van der Waals surface area contributed by atoms with Crippen LogP contribution < -0.4 is 5.32 Å². The molecule has 5 heteroatoms. The molecule has 1 saturated carbocycles. The van der Waals surface area contributed by atoms with Crippen LogP contribution in [0.2, 0.25) is 0 Å². The van der Waals surface area contributed by atoms with Gasteiger partial charge in [0.05, 0.1) is 16.2 Å². The van der Waals surface area contributed by atoms with Crippen LogP contribution in [-0.4, -0.2) is 26.6 Å². The largest absolute Gasteiger partial charge is 0.351 e. The van der Waals surface area contributed by atoms with Gasteiger partial charge in [-0.1, -0.05) is 62.2 Å². The second-order valence-corrected chi connectivity index (χ2v) is 9.18. The lowest BCUT2D eigenvalue weighted by atomic mass is 9.79. The Morgan fingerprint density at radius 1 is 1.00 bits per heavy atom. The van der Waals surface area contributed by atoms with Crippen LogP contribution in [0.5, 0.6) is 0 Å². The zero-order valence-corrected chi connectivity index (χ0v) is 15.9. The van der Waals surface area contributed by atoms with E-state index in [0.29, 0.717) is 6.54 Å². The van der Waals surface area contributed by atoms with Gasteiger partial charge in [-0.3, -0.25) is 4.79 Å². The van der Waals surface area contributed by atoms with Gasteiger partial charge in [-0.2, -0.15) is 0 Å². The maximum atomic E-state index is 12.8. The molecular formula is C21H25NO3S. The van der Waals surface area contributed by atoms with Gasteiger partial charge >= 0.3 is 0 Å². The Balaban J connectivity index is 1.83. The predicted molar refractivity (Wildman–Crippen MR) is 103 cm³/mol. The Hall–Kier alpha value is -2.14. The molecule has 0 saturated heterocycles. The van der Waals surface area contributed by atoms with Crippen LogP contribution in [0.1, 0.15) is 48.5 Å². The summed E-state index contributed by atoms with van der Waals surface area (Å²) in [5.41, 5.74) is 1.41. The van der Waals surface area contributed by atoms with Gasteiger partial charge in [-0.05, 0) is 30.5 Å². The summed E-state index contributed by atoms with van der Waals surface area (Å²) in [6.07, 6.45) is 4.36. The molecule has 1 aliphatic carbocycles. The first-order valence-electron chi connectivity index (χ1n) is 9.14. The van der Waals surface area contributed by atoms with Crippen molar-refractivity contribution in [2.24, 2.45) is 0 Å². The van der Waals surface area contributed by atoms with Crippen LogP contribution in [0.25, 0.3) is 0 Å². The van der Waals surface area contributed by atoms with Crippen molar-refractivity contribution in [3.63, 3.8) is 0 Å². The van der Waals surface area contributed by atoms with Crippen LogP contribution in [0.4, 0.5) is 0 Å². The van der Waals surface area contributed by atoms with Crippen molar-refractivity contribution in [3.05, 3.63) is 65.7 Å². The first-order valence-corrected chi connectivity index (χ1v) is 10.8. The van der Waals surface area contributed by atoms with Crippen LogP contribution >= 0.6 is 0 Å². The molecular weight excluding hydrogens is 346 g/mol. The highest BCUT2D eigenvalue weighted by molar-refractivity contribution is 7.91. The fourth-order valence-corrected chi connectivity index (χ4v) is 4.93. The number of hydrogen-bond acceptors (Lipinski definition) is 3. The standard InChI is InChI=1S/C21H25NO3S/c1-2-26(24,25)19-13-7-6-12-18(19)20(23)22-16-21(14-8-9-15-21)17-10-4-3-5-11-17/h3-7,10-13H,2,8-9,14-16H2,1H3,(H,22,23). The Labute approximate surface area is 155 Å². The molecule has 2 aromatic rings. The monoisotopic (exact) mass is 371 g/mol.